The third kappa shape index (κ3) is 5.74. The van der Waals surface area contributed by atoms with E-state index in [1.165, 1.54) is 7.11 Å². The van der Waals surface area contributed by atoms with Crippen LogP contribution in [0.5, 0.6) is 5.75 Å². The van der Waals surface area contributed by atoms with Gasteiger partial charge in [-0.25, -0.2) is 4.79 Å². The van der Waals surface area contributed by atoms with Gasteiger partial charge in [-0.2, -0.15) is 0 Å². The van der Waals surface area contributed by atoms with E-state index in [0.29, 0.717) is 17.9 Å². The minimum Gasteiger partial charge on any atom is -0.490 e. The number of rotatable bonds is 9. The highest BCUT2D eigenvalue weighted by atomic mass is 16.5. The summed E-state index contributed by atoms with van der Waals surface area (Å²) >= 11 is 0. The maximum Gasteiger partial charge on any atom is 0.341 e. The number of nitrogens with one attached hydrogen (secondary N) is 1. The van der Waals surface area contributed by atoms with Crippen LogP contribution in [-0.4, -0.2) is 37.3 Å². The van der Waals surface area contributed by atoms with Gasteiger partial charge in [0.15, 0.2) is 0 Å². The number of methoxy groups -OCH3 is 1. The fourth-order valence-electron chi connectivity index (χ4n) is 2.38. The topological polar surface area (TPSA) is 73.9 Å². The van der Waals surface area contributed by atoms with Gasteiger partial charge >= 0.3 is 5.97 Å². The Balaban J connectivity index is 3.10. The van der Waals surface area contributed by atoms with Crippen molar-refractivity contribution < 1.29 is 23.8 Å². The molecule has 1 aromatic carbocycles. The Kier molecular flexibility index (Phi) is 7.90. The molecule has 6 nitrogen and oxygen atoms in total. The summed E-state index contributed by atoms with van der Waals surface area (Å²) in [6, 6.07) is 4.92. The fourth-order valence-corrected chi connectivity index (χ4v) is 2.38. The summed E-state index contributed by atoms with van der Waals surface area (Å²) in [6.07, 6.45) is 1.32. The van der Waals surface area contributed by atoms with Gasteiger partial charge in [0, 0.05) is 12.8 Å². The summed E-state index contributed by atoms with van der Waals surface area (Å²) in [7, 11) is 1.51. The van der Waals surface area contributed by atoms with Crippen molar-refractivity contribution in [1.29, 1.82) is 0 Å². The maximum atomic E-state index is 12.5. The molecule has 0 heterocycles. The Morgan fingerprint density at radius 2 is 1.92 bits per heavy atom. The molecule has 25 heavy (non-hydrogen) atoms. The first-order valence-corrected chi connectivity index (χ1v) is 8.61. The molecule has 0 radical (unpaired) electrons. The highest BCUT2D eigenvalue weighted by Gasteiger charge is 2.32. The van der Waals surface area contributed by atoms with E-state index in [-0.39, 0.29) is 24.2 Å². The second kappa shape index (κ2) is 9.42. The van der Waals surface area contributed by atoms with E-state index < -0.39 is 11.6 Å². The quantitative estimate of drug-likeness (QED) is 0.685. The molecule has 1 aromatic rings. The molecule has 1 atom stereocenters. The van der Waals surface area contributed by atoms with Crippen molar-refractivity contribution in [3.05, 3.63) is 23.8 Å². The standard InChI is InChI=1S/C19H29NO5/c1-7-11-19(5,23-6)18(22)20-14-9-10-16(25-13(3)4)15(12-14)17(21)24-8-2/h9-10,12-13H,7-8,11H2,1-6H3,(H,20,22)/t19-/m1/s1. The first-order chi connectivity index (χ1) is 11.8. The van der Waals surface area contributed by atoms with Gasteiger partial charge in [0.2, 0.25) is 0 Å². The number of carbonyl (C=O) groups excluding carboxylic acids is 2. The van der Waals surface area contributed by atoms with Crippen molar-refractivity contribution in [3.63, 3.8) is 0 Å². The molecule has 1 amide bonds. The average Bonchev–Trinajstić information content (AvgIpc) is 2.56. The molecule has 140 valence electrons. The molecule has 0 saturated carbocycles. The first-order valence-electron chi connectivity index (χ1n) is 8.61. The average molecular weight is 351 g/mol. The molecule has 0 aliphatic rings. The molecule has 0 spiro atoms. The third-order valence-corrected chi connectivity index (χ3v) is 3.75. The Morgan fingerprint density at radius 3 is 2.44 bits per heavy atom. The lowest BCUT2D eigenvalue weighted by Gasteiger charge is -2.26. The van der Waals surface area contributed by atoms with E-state index in [9.17, 15) is 9.59 Å². The molecule has 1 N–H and O–H groups in total. The molecule has 0 unspecified atom stereocenters. The summed E-state index contributed by atoms with van der Waals surface area (Å²) in [5.74, 6) is -0.323. The van der Waals surface area contributed by atoms with Gasteiger partial charge in [-0.05, 0) is 52.3 Å². The second-order valence-corrected chi connectivity index (χ2v) is 6.24. The first kappa shape index (κ1) is 21.0. The number of hydrogen-bond acceptors (Lipinski definition) is 5. The number of anilines is 1. The minimum absolute atomic E-state index is 0.0880. The fraction of sp³-hybridized carbons (Fsp3) is 0.579. The van der Waals surface area contributed by atoms with Gasteiger partial charge in [0.05, 0.1) is 12.7 Å². The van der Waals surface area contributed by atoms with E-state index in [1.54, 1.807) is 32.0 Å². The SMILES string of the molecule is CCC[C@@](C)(OC)C(=O)Nc1ccc(OC(C)C)c(C(=O)OCC)c1. The molecule has 6 heteroatoms. The highest BCUT2D eigenvalue weighted by molar-refractivity contribution is 5.99. The van der Waals surface area contributed by atoms with Gasteiger partial charge in [-0.1, -0.05) is 13.3 Å². The van der Waals surface area contributed by atoms with Crippen LogP contribution in [-0.2, 0) is 14.3 Å². The number of ether oxygens (including phenoxy) is 3. The van der Waals surface area contributed by atoms with Crippen LogP contribution in [0, 0.1) is 0 Å². The van der Waals surface area contributed by atoms with Crippen molar-refractivity contribution >= 4 is 17.6 Å². The summed E-state index contributed by atoms with van der Waals surface area (Å²) in [5, 5.41) is 2.81. The Labute approximate surface area is 149 Å². The van der Waals surface area contributed by atoms with Crippen molar-refractivity contribution in [2.24, 2.45) is 0 Å². The summed E-state index contributed by atoms with van der Waals surface area (Å²) in [4.78, 5) is 24.7. The lowest BCUT2D eigenvalue weighted by Crippen LogP contribution is -2.41. The maximum absolute atomic E-state index is 12.5. The summed E-state index contributed by atoms with van der Waals surface area (Å²) in [6.45, 7) is 9.48. The zero-order valence-electron chi connectivity index (χ0n) is 16.0. The van der Waals surface area contributed by atoms with E-state index in [4.69, 9.17) is 14.2 Å². The zero-order chi connectivity index (χ0) is 19.0. The molecule has 0 aromatic heterocycles. The van der Waals surface area contributed by atoms with Crippen LogP contribution in [0.4, 0.5) is 5.69 Å². The third-order valence-electron chi connectivity index (χ3n) is 3.75. The van der Waals surface area contributed by atoms with Crippen molar-refractivity contribution in [2.75, 3.05) is 19.0 Å². The molecule has 0 saturated heterocycles. The number of amides is 1. The lowest BCUT2D eigenvalue weighted by molar-refractivity contribution is -0.136. The van der Waals surface area contributed by atoms with E-state index >= 15 is 0 Å². The van der Waals surface area contributed by atoms with Crippen molar-refractivity contribution in [1.82, 2.24) is 0 Å². The van der Waals surface area contributed by atoms with Crippen LogP contribution in [0.25, 0.3) is 0 Å². The lowest BCUT2D eigenvalue weighted by atomic mass is 9.99. The van der Waals surface area contributed by atoms with Gasteiger partial charge in [0.25, 0.3) is 5.91 Å². The van der Waals surface area contributed by atoms with Crippen LogP contribution in [0.1, 0.15) is 57.8 Å². The summed E-state index contributed by atoms with van der Waals surface area (Å²) in [5.41, 5.74) is -0.155. The molecule has 0 aliphatic heterocycles. The molecule has 0 aliphatic carbocycles. The Hall–Kier alpha value is -2.08. The van der Waals surface area contributed by atoms with Crippen LogP contribution >= 0.6 is 0 Å². The molecular weight excluding hydrogens is 322 g/mol. The molecule has 1 rings (SSSR count). The smallest absolute Gasteiger partial charge is 0.341 e. The van der Waals surface area contributed by atoms with E-state index in [2.05, 4.69) is 5.32 Å². The molecule has 0 bridgehead atoms. The van der Waals surface area contributed by atoms with E-state index in [1.807, 2.05) is 20.8 Å². The van der Waals surface area contributed by atoms with Gasteiger partial charge in [-0.15, -0.1) is 0 Å². The Bertz CT molecular complexity index is 599. The minimum atomic E-state index is -0.925. The zero-order valence-corrected chi connectivity index (χ0v) is 16.0. The van der Waals surface area contributed by atoms with Crippen LogP contribution in [0.15, 0.2) is 18.2 Å². The van der Waals surface area contributed by atoms with Crippen molar-refractivity contribution in [2.45, 2.75) is 59.2 Å². The predicted octanol–water partition coefficient (Wildman–Crippen LogP) is 3.79. The summed E-state index contributed by atoms with van der Waals surface area (Å²) < 4.78 is 16.1. The van der Waals surface area contributed by atoms with Crippen molar-refractivity contribution in [3.8, 4) is 5.75 Å². The van der Waals surface area contributed by atoms with Crippen LogP contribution < -0.4 is 10.1 Å². The molecule has 0 fully saturated rings. The monoisotopic (exact) mass is 351 g/mol. The highest BCUT2D eigenvalue weighted by Crippen LogP contribution is 2.26. The normalized spacial score (nSPS) is 13.2. The largest absolute Gasteiger partial charge is 0.490 e. The number of benzene rings is 1. The number of carbonyl (C=O) groups is 2. The van der Waals surface area contributed by atoms with Gasteiger partial charge < -0.3 is 19.5 Å². The van der Waals surface area contributed by atoms with Crippen LogP contribution in [0.3, 0.4) is 0 Å². The van der Waals surface area contributed by atoms with Gasteiger partial charge in [-0.3, -0.25) is 4.79 Å². The predicted molar refractivity (Wildman–Crippen MR) is 97.1 cm³/mol. The Morgan fingerprint density at radius 1 is 1.24 bits per heavy atom. The second-order valence-electron chi connectivity index (χ2n) is 6.24. The molecular formula is C19H29NO5. The van der Waals surface area contributed by atoms with Gasteiger partial charge in [0.1, 0.15) is 16.9 Å². The van der Waals surface area contributed by atoms with Crippen LogP contribution in [0.2, 0.25) is 0 Å². The van der Waals surface area contributed by atoms with E-state index in [0.717, 1.165) is 6.42 Å². The number of hydrogen-bond donors (Lipinski definition) is 1. The number of esters is 1.